The molecule has 0 saturated carbocycles. The van der Waals surface area contributed by atoms with E-state index in [1.807, 2.05) is 19.1 Å². The standard InChI is InChI=1S/C19H24N6OS/c1-15-13-16-17(27-15)22-14-25(18(16)26)8-3-2-7-23-9-11-24(12-10-23)19-20-5-4-6-21-19/h4-6,13-14H,2-3,7-12H2,1H3. The first-order valence-corrected chi connectivity index (χ1v) is 10.2. The molecule has 0 aliphatic carbocycles. The Bertz CT molecular complexity index is 946. The number of piperazine rings is 1. The molecule has 0 aromatic carbocycles. The Morgan fingerprint density at radius 2 is 1.78 bits per heavy atom. The summed E-state index contributed by atoms with van der Waals surface area (Å²) in [5, 5.41) is 0.749. The number of thiophene rings is 1. The average Bonchev–Trinajstić information content (AvgIpc) is 3.09. The normalized spacial score (nSPS) is 15.5. The lowest BCUT2D eigenvalue weighted by Crippen LogP contribution is -2.47. The van der Waals surface area contributed by atoms with Gasteiger partial charge in [0, 0.05) is 50.0 Å². The molecule has 0 bridgehead atoms. The van der Waals surface area contributed by atoms with Gasteiger partial charge in [0.05, 0.1) is 11.7 Å². The summed E-state index contributed by atoms with van der Waals surface area (Å²) in [5.41, 5.74) is 0.0841. The van der Waals surface area contributed by atoms with E-state index in [0.29, 0.717) is 0 Å². The fourth-order valence-electron chi connectivity index (χ4n) is 3.48. The van der Waals surface area contributed by atoms with Gasteiger partial charge in [0.2, 0.25) is 5.95 Å². The zero-order valence-corrected chi connectivity index (χ0v) is 16.4. The van der Waals surface area contributed by atoms with E-state index in [1.54, 1.807) is 34.6 Å². The summed E-state index contributed by atoms with van der Waals surface area (Å²) in [6, 6.07) is 3.79. The Morgan fingerprint density at radius 3 is 2.56 bits per heavy atom. The molecule has 142 valence electrons. The third-order valence-corrected chi connectivity index (χ3v) is 5.93. The van der Waals surface area contributed by atoms with Crippen LogP contribution in [0.2, 0.25) is 0 Å². The minimum absolute atomic E-state index is 0.0841. The number of anilines is 1. The Hall–Kier alpha value is -2.32. The number of unbranched alkanes of at least 4 members (excludes halogenated alkanes) is 1. The van der Waals surface area contributed by atoms with Crippen molar-refractivity contribution in [3.05, 3.63) is 46.1 Å². The van der Waals surface area contributed by atoms with E-state index < -0.39 is 0 Å². The van der Waals surface area contributed by atoms with E-state index in [1.165, 1.54) is 0 Å². The van der Waals surface area contributed by atoms with Gasteiger partial charge in [0.15, 0.2) is 0 Å². The molecular weight excluding hydrogens is 360 g/mol. The summed E-state index contributed by atoms with van der Waals surface area (Å²) in [4.78, 5) is 32.3. The summed E-state index contributed by atoms with van der Waals surface area (Å²) in [7, 11) is 0. The zero-order valence-electron chi connectivity index (χ0n) is 15.5. The van der Waals surface area contributed by atoms with Crippen LogP contribution in [0.15, 0.2) is 35.6 Å². The second-order valence-corrected chi connectivity index (χ2v) is 8.14. The molecule has 4 heterocycles. The highest BCUT2D eigenvalue weighted by atomic mass is 32.1. The van der Waals surface area contributed by atoms with Crippen molar-refractivity contribution in [1.82, 2.24) is 24.4 Å². The molecule has 3 aromatic rings. The highest BCUT2D eigenvalue weighted by Gasteiger charge is 2.18. The smallest absolute Gasteiger partial charge is 0.262 e. The second-order valence-electron chi connectivity index (χ2n) is 6.90. The van der Waals surface area contributed by atoms with Crippen molar-refractivity contribution < 1.29 is 0 Å². The summed E-state index contributed by atoms with van der Waals surface area (Å²) >= 11 is 1.58. The molecule has 0 amide bonds. The van der Waals surface area contributed by atoms with Gasteiger partial charge in [0.25, 0.3) is 5.56 Å². The van der Waals surface area contributed by atoms with Crippen LogP contribution in [0.5, 0.6) is 0 Å². The van der Waals surface area contributed by atoms with E-state index in [9.17, 15) is 4.79 Å². The van der Waals surface area contributed by atoms with E-state index in [2.05, 4.69) is 24.8 Å². The van der Waals surface area contributed by atoms with Crippen molar-refractivity contribution in [2.45, 2.75) is 26.3 Å². The van der Waals surface area contributed by atoms with Crippen LogP contribution in [0.25, 0.3) is 10.2 Å². The number of nitrogens with zero attached hydrogens (tertiary/aromatic N) is 6. The number of hydrogen-bond acceptors (Lipinski definition) is 7. The first kappa shape index (κ1) is 18.1. The predicted octanol–water partition coefficient (Wildman–Crippen LogP) is 2.16. The summed E-state index contributed by atoms with van der Waals surface area (Å²) < 4.78 is 1.75. The highest BCUT2D eigenvalue weighted by Crippen LogP contribution is 2.19. The number of aryl methyl sites for hydroxylation is 2. The first-order chi connectivity index (χ1) is 13.2. The quantitative estimate of drug-likeness (QED) is 0.607. The van der Waals surface area contributed by atoms with Crippen LogP contribution in [0, 0.1) is 6.92 Å². The molecule has 8 heteroatoms. The molecule has 3 aromatic heterocycles. The molecule has 1 aliphatic rings. The second kappa shape index (κ2) is 8.14. The summed E-state index contributed by atoms with van der Waals surface area (Å²) in [5.74, 6) is 0.822. The van der Waals surface area contributed by atoms with Crippen molar-refractivity contribution in [2.24, 2.45) is 0 Å². The molecule has 0 N–H and O–H groups in total. The van der Waals surface area contributed by atoms with Crippen molar-refractivity contribution in [2.75, 3.05) is 37.6 Å². The van der Waals surface area contributed by atoms with E-state index >= 15 is 0 Å². The third kappa shape index (κ3) is 4.17. The van der Waals surface area contributed by atoms with Crippen molar-refractivity contribution in [1.29, 1.82) is 0 Å². The van der Waals surface area contributed by atoms with Crippen LogP contribution in [0.1, 0.15) is 17.7 Å². The van der Waals surface area contributed by atoms with Gasteiger partial charge in [-0.15, -0.1) is 11.3 Å². The molecule has 4 rings (SSSR count). The van der Waals surface area contributed by atoms with Crippen LogP contribution in [-0.4, -0.2) is 57.1 Å². The van der Waals surface area contributed by atoms with Gasteiger partial charge in [-0.3, -0.25) is 14.3 Å². The van der Waals surface area contributed by atoms with E-state index in [-0.39, 0.29) is 5.56 Å². The van der Waals surface area contributed by atoms with E-state index in [0.717, 1.165) is 73.2 Å². The lowest BCUT2D eigenvalue weighted by Gasteiger charge is -2.34. The lowest BCUT2D eigenvalue weighted by atomic mass is 10.2. The number of fused-ring (bicyclic) bond motifs is 1. The van der Waals surface area contributed by atoms with Crippen LogP contribution >= 0.6 is 11.3 Å². The third-order valence-electron chi connectivity index (χ3n) is 4.97. The van der Waals surface area contributed by atoms with Crippen LogP contribution in [-0.2, 0) is 6.54 Å². The topological polar surface area (TPSA) is 67.2 Å². The van der Waals surface area contributed by atoms with Gasteiger partial charge in [0.1, 0.15) is 4.83 Å². The van der Waals surface area contributed by atoms with Gasteiger partial charge in [-0.05, 0) is 38.4 Å². The van der Waals surface area contributed by atoms with Crippen LogP contribution in [0.3, 0.4) is 0 Å². The van der Waals surface area contributed by atoms with Crippen LogP contribution in [0.4, 0.5) is 5.95 Å². The number of rotatable bonds is 6. The van der Waals surface area contributed by atoms with Gasteiger partial charge in [-0.2, -0.15) is 0 Å². The molecular formula is C19H24N6OS. The van der Waals surface area contributed by atoms with Gasteiger partial charge in [-0.1, -0.05) is 0 Å². The molecule has 0 spiro atoms. The molecule has 1 aliphatic heterocycles. The van der Waals surface area contributed by atoms with Crippen LogP contribution < -0.4 is 10.5 Å². The lowest BCUT2D eigenvalue weighted by molar-refractivity contribution is 0.250. The summed E-state index contributed by atoms with van der Waals surface area (Å²) in [6.45, 7) is 7.78. The number of aromatic nitrogens is 4. The number of hydrogen-bond donors (Lipinski definition) is 0. The van der Waals surface area contributed by atoms with Crippen molar-refractivity contribution in [3.8, 4) is 0 Å². The van der Waals surface area contributed by atoms with Gasteiger partial charge >= 0.3 is 0 Å². The minimum Gasteiger partial charge on any atom is -0.338 e. The maximum atomic E-state index is 12.5. The summed E-state index contributed by atoms with van der Waals surface area (Å²) in [6.07, 6.45) is 7.34. The zero-order chi connectivity index (χ0) is 18.6. The fraction of sp³-hybridized carbons (Fsp3) is 0.474. The van der Waals surface area contributed by atoms with Gasteiger partial charge in [-0.25, -0.2) is 15.0 Å². The molecule has 0 unspecified atom stereocenters. The Balaban J connectivity index is 1.23. The maximum Gasteiger partial charge on any atom is 0.262 e. The fourth-order valence-corrected chi connectivity index (χ4v) is 4.32. The largest absolute Gasteiger partial charge is 0.338 e. The molecule has 1 fully saturated rings. The van der Waals surface area contributed by atoms with Crippen molar-refractivity contribution >= 4 is 27.5 Å². The first-order valence-electron chi connectivity index (χ1n) is 9.40. The Labute approximate surface area is 162 Å². The molecule has 0 radical (unpaired) electrons. The SMILES string of the molecule is Cc1cc2c(=O)n(CCCCN3CCN(c4ncccn4)CC3)cnc2s1. The molecule has 7 nitrogen and oxygen atoms in total. The molecule has 1 saturated heterocycles. The average molecular weight is 385 g/mol. The predicted molar refractivity (Wildman–Crippen MR) is 109 cm³/mol. The Kier molecular flexibility index (Phi) is 5.45. The van der Waals surface area contributed by atoms with E-state index in [4.69, 9.17) is 0 Å². The maximum absolute atomic E-state index is 12.5. The molecule has 27 heavy (non-hydrogen) atoms. The monoisotopic (exact) mass is 384 g/mol. The Morgan fingerprint density at radius 1 is 1.04 bits per heavy atom. The van der Waals surface area contributed by atoms with Crippen molar-refractivity contribution in [3.63, 3.8) is 0 Å². The minimum atomic E-state index is 0.0841. The molecule has 0 atom stereocenters. The van der Waals surface area contributed by atoms with Gasteiger partial charge < -0.3 is 4.90 Å². The highest BCUT2D eigenvalue weighted by molar-refractivity contribution is 7.18.